The van der Waals surface area contributed by atoms with Crippen molar-refractivity contribution >= 4 is 23.5 Å². The summed E-state index contributed by atoms with van der Waals surface area (Å²) in [5.74, 6) is -1.12. The summed E-state index contributed by atoms with van der Waals surface area (Å²) in [5, 5.41) is 0. The van der Waals surface area contributed by atoms with E-state index in [1.165, 1.54) is 21.1 Å². The standard InChI is InChI=1S/C24H28N2O6/c1-14-5-8-17(9-6-14)26-21(27)12-10-18(24(29)32-15(2)23(25)28)22(26)16-7-11-19(30-3)20(13-16)31-4/h5-9,11,13,15,18,22H,10,12H2,1-4H3,(H2,25,28)/t15-,18+,22+/m0/s1. The lowest BCUT2D eigenvalue weighted by Crippen LogP contribution is -2.47. The number of hydrogen-bond donors (Lipinski definition) is 1. The highest BCUT2D eigenvalue weighted by Crippen LogP contribution is 2.43. The molecule has 3 atom stereocenters. The number of primary amides is 1. The fourth-order valence-corrected chi connectivity index (χ4v) is 3.89. The van der Waals surface area contributed by atoms with E-state index >= 15 is 0 Å². The first-order valence-electron chi connectivity index (χ1n) is 10.4. The monoisotopic (exact) mass is 440 g/mol. The summed E-state index contributed by atoms with van der Waals surface area (Å²) in [6, 6.07) is 12.1. The van der Waals surface area contributed by atoms with Crippen molar-refractivity contribution in [1.29, 1.82) is 0 Å². The van der Waals surface area contributed by atoms with Crippen LogP contribution in [-0.4, -0.2) is 38.1 Å². The molecule has 0 aliphatic carbocycles. The van der Waals surface area contributed by atoms with E-state index in [9.17, 15) is 14.4 Å². The minimum absolute atomic E-state index is 0.111. The SMILES string of the molecule is COc1ccc([C@@H]2[C@H](C(=O)O[C@@H](C)C(N)=O)CCC(=O)N2c2ccc(C)cc2)cc1OC. The molecule has 1 aliphatic heterocycles. The maximum Gasteiger partial charge on any atom is 0.312 e. The van der Waals surface area contributed by atoms with Gasteiger partial charge in [-0.15, -0.1) is 0 Å². The largest absolute Gasteiger partial charge is 0.493 e. The molecule has 1 saturated heterocycles. The zero-order valence-corrected chi connectivity index (χ0v) is 18.7. The molecular weight excluding hydrogens is 412 g/mol. The Hall–Kier alpha value is -3.55. The van der Waals surface area contributed by atoms with Crippen LogP contribution in [0, 0.1) is 12.8 Å². The number of carbonyl (C=O) groups is 3. The molecule has 8 nitrogen and oxygen atoms in total. The first kappa shape index (κ1) is 23.1. The van der Waals surface area contributed by atoms with Crippen LogP contribution in [0.15, 0.2) is 42.5 Å². The molecule has 2 aromatic rings. The van der Waals surface area contributed by atoms with Crippen LogP contribution < -0.4 is 20.1 Å². The Morgan fingerprint density at radius 2 is 1.72 bits per heavy atom. The molecule has 3 rings (SSSR count). The van der Waals surface area contributed by atoms with Crippen LogP contribution in [0.3, 0.4) is 0 Å². The molecule has 0 spiro atoms. The van der Waals surface area contributed by atoms with Crippen LogP contribution in [0.25, 0.3) is 0 Å². The van der Waals surface area contributed by atoms with Crippen LogP contribution >= 0.6 is 0 Å². The van der Waals surface area contributed by atoms with Gasteiger partial charge in [-0.2, -0.15) is 0 Å². The maximum atomic E-state index is 13.1. The Labute approximate surface area is 187 Å². The molecule has 1 heterocycles. The molecule has 0 saturated carbocycles. The molecule has 32 heavy (non-hydrogen) atoms. The van der Waals surface area contributed by atoms with Crippen molar-refractivity contribution in [2.24, 2.45) is 11.7 Å². The zero-order valence-electron chi connectivity index (χ0n) is 18.7. The molecule has 1 aliphatic rings. The molecular formula is C24H28N2O6. The Morgan fingerprint density at radius 3 is 2.31 bits per heavy atom. The maximum absolute atomic E-state index is 13.1. The smallest absolute Gasteiger partial charge is 0.312 e. The lowest BCUT2D eigenvalue weighted by Gasteiger charge is -2.40. The quantitative estimate of drug-likeness (QED) is 0.663. The Morgan fingerprint density at radius 1 is 1.06 bits per heavy atom. The number of esters is 1. The van der Waals surface area contributed by atoms with Gasteiger partial charge in [-0.05, 0) is 50.1 Å². The second-order valence-corrected chi connectivity index (χ2v) is 7.79. The summed E-state index contributed by atoms with van der Waals surface area (Å²) in [5.41, 5.74) is 7.67. The van der Waals surface area contributed by atoms with E-state index in [1.807, 2.05) is 31.2 Å². The third-order valence-electron chi connectivity index (χ3n) is 5.65. The topological polar surface area (TPSA) is 108 Å². The summed E-state index contributed by atoms with van der Waals surface area (Å²) in [7, 11) is 3.05. The minimum Gasteiger partial charge on any atom is -0.493 e. The van der Waals surface area contributed by atoms with Crippen molar-refractivity contribution in [3.05, 3.63) is 53.6 Å². The number of ether oxygens (including phenoxy) is 3. The number of anilines is 1. The van der Waals surface area contributed by atoms with Crippen LogP contribution in [0.5, 0.6) is 11.5 Å². The molecule has 0 aromatic heterocycles. The van der Waals surface area contributed by atoms with Gasteiger partial charge in [0.15, 0.2) is 17.6 Å². The number of methoxy groups -OCH3 is 2. The second kappa shape index (κ2) is 9.72. The zero-order chi connectivity index (χ0) is 23.4. The van der Waals surface area contributed by atoms with E-state index in [2.05, 4.69) is 0 Å². The summed E-state index contributed by atoms with van der Waals surface area (Å²) >= 11 is 0. The highest BCUT2D eigenvalue weighted by atomic mass is 16.5. The van der Waals surface area contributed by atoms with Gasteiger partial charge in [0.2, 0.25) is 5.91 Å². The number of nitrogens with two attached hydrogens (primary N) is 1. The van der Waals surface area contributed by atoms with Crippen LogP contribution in [0.1, 0.15) is 36.9 Å². The van der Waals surface area contributed by atoms with Gasteiger partial charge in [0.1, 0.15) is 0 Å². The second-order valence-electron chi connectivity index (χ2n) is 7.79. The van der Waals surface area contributed by atoms with Crippen molar-refractivity contribution in [3.63, 3.8) is 0 Å². The number of benzene rings is 2. The summed E-state index contributed by atoms with van der Waals surface area (Å²) < 4.78 is 16.1. The number of piperidine rings is 1. The number of carbonyl (C=O) groups excluding carboxylic acids is 3. The predicted octanol–water partition coefficient (Wildman–Crippen LogP) is 2.91. The fourth-order valence-electron chi connectivity index (χ4n) is 3.89. The van der Waals surface area contributed by atoms with Crippen molar-refractivity contribution in [3.8, 4) is 11.5 Å². The van der Waals surface area contributed by atoms with Crippen molar-refractivity contribution in [1.82, 2.24) is 0 Å². The first-order valence-corrected chi connectivity index (χ1v) is 10.4. The average Bonchev–Trinajstić information content (AvgIpc) is 2.78. The molecule has 2 amide bonds. The highest BCUT2D eigenvalue weighted by molar-refractivity contribution is 5.97. The molecule has 1 fully saturated rings. The normalized spacial score (nSPS) is 19.2. The number of nitrogens with zero attached hydrogens (tertiary/aromatic N) is 1. The van der Waals surface area contributed by atoms with Crippen LogP contribution in [0.2, 0.25) is 0 Å². The van der Waals surface area contributed by atoms with Gasteiger partial charge in [-0.25, -0.2) is 0 Å². The van der Waals surface area contributed by atoms with Gasteiger partial charge in [0.05, 0.1) is 26.2 Å². The summed E-state index contributed by atoms with van der Waals surface area (Å²) in [4.78, 5) is 39.2. The molecule has 8 heteroatoms. The van der Waals surface area contributed by atoms with Crippen molar-refractivity contribution in [2.75, 3.05) is 19.1 Å². The first-order chi connectivity index (χ1) is 15.3. The molecule has 170 valence electrons. The summed E-state index contributed by atoms with van der Waals surface area (Å²) in [6.07, 6.45) is -0.619. The third-order valence-corrected chi connectivity index (χ3v) is 5.65. The number of aryl methyl sites for hydroxylation is 1. The fraction of sp³-hybridized carbons (Fsp3) is 0.375. The van der Waals surface area contributed by atoms with E-state index in [4.69, 9.17) is 19.9 Å². The van der Waals surface area contributed by atoms with E-state index in [0.717, 1.165) is 5.56 Å². The summed E-state index contributed by atoms with van der Waals surface area (Å²) in [6.45, 7) is 3.39. The highest BCUT2D eigenvalue weighted by Gasteiger charge is 2.43. The van der Waals surface area contributed by atoms with E-state index in [-0.39, 0.29) is 18.7 Å². The van der Waals surface area contributed by atoms with Crippen LogP contribution in [0.4, 0.5) is 5.69 Å². The molecule has 2 aromatic carbocycles. The Kier molecular flexibility index (Phi) is 7.02. The van der Waals surface area contributed by atoms with Gasteiger partial charge in [0, 0.05) is 12.1 Å². The molecule has 2 N–H and O–H groups in total. The molecule has 0 bridgehead atoms. The van der Waals surface area contributed by atoms with Gasteiger partial charge >= 0.3 is 5.97 Å². The van der Waals surface area contributed by atoms with Crippen molar-refractivity contribution < 1.29 is 28.6 Å². The minimum atomic E-state index is -1.07. The Bertz CT molecular complexity index is 1000. The number of rotatable bonds is 7. The average molecular weight is 440 g/mol. The van der Waals surface area contributed by atoms with Crippen molar-refractivity contribution in [2.45, 2.75) is 38.8 Å². The van der Waals surface area contributed by atoms with Gasteiger partial charge in [-0.1, -0.05) is 23.8 Å². The van der Waals surface area contributed by atoms with Crippen LogP contribution in [-0.2, 0) is 19.1 Å². The number of amides is 2. The lowest BCUT2D eigenvalue weighted by molar-refractivity contribution is -0.159. The van der Waals surface area contributed by atoms with E-state index in [0.29, 0.717) is 22.7 Å². The lowest BCUT2D eigenvalue weighted by atomic mass is 9.83. The van der Waals surface area contributed by atoms with Gasteiger partial charge in [-0.3, -0.25) is 14.4 Å². The van der Waals surface area contributed by atoms with E-state index < -0.39 is 29.9 Å². The molecule has 0 radical (unpaired) electrons. The van der Waals surface area contributed by atoms with Gasteiger partial charge < -0.3 is 24.8 Å². The van der Waals surface area contributed by atoms with E-state index in [1.54, 1.807) is 23.1 Å². The molecule has 0 unspecified atom stereocenters. The Balaban J connectivity index is 2.10. The predicted molar refractivity (Wildman–Crippen MR) is 118 cm³/mol. The third kappa shape index (κ3) is 4.69. The number of hydrogen-bond acceptors (Lipinski definition) is 6. The van der Waals surface area contributed by atoms with Gasteiger partial charge in [0.25, 0.3) is 5.91 Å².